The second kappa shape index (κ2) is 6.54. The number of carbonyl (C=O) groups excluding carboxylic acids is 2. The van der Waals surface area contributed by atoms with Gasteiger partial charge in [-0.15, -0.1) is 0 Å². The Labute approximate surface area is 131 Å². The maximum Gasteiger partial charge on any atom is 0.269 e. The zero-order chi connectivity index (χ0) is 15.4. The van der Waals surface area contributed by atoms with Crippen LogP contribution < -0.4 is 10.9 Å². The van der Waals surface area contributed by atoms with Gasteiger partial charge in [0.2, 0.25) is 0 Å². The fourth-order valence-corrected chi connectivity index (χ4v) is 2.23. The second-order valence-corrected chi connectivity index (χ2v) is 5.71. The Bertz CT molecular complexity index is 661. The molecule has 0 spiro atoms. The summed E-state index contributed by atoms with van der Waals surface area (Å²) < 4.78 is 0.887. The Morgan fingerprint density at radius 2 is 1.29 bits per heavy atom. The lowest BCUT2D eigenvalue weighted by molar-refractivity contribution is 0.0846. The summed E-state index contributed by atoms with van der Waals surface area (Å²) >= 11 is 3.30. The summed E-state index contributed by atoms with van der Waals surface area (Å²) in [4.78, 5) is 23.9. The van der Waals surface area contributed by atoms with Gasteiger partial charge in [-0.2, -0.15) is 0 Å². The molecule has 0 saturated carbocycles. The number of amides is 2. The second-order valence-electron chi connectivity index (χ2n) is 4.79. The zero-order valence-corrected chi connectivity index (χ0v) is 13.3. The summed E-state index contributed by atoms with van der Waals surface area (Å²) in [6, 6.07) is 12.4. The predicted molar refractivity (Wildman–Crippen MR) is 85.0 cm³/mol. The summed E-state index contributed by atoms with van der Waals surface area (Å²) in [7, 11) is 0. The number of carbonyl (C=O) groups is 2. The minimum atomic E-state index is -0.361. The lowest BCUT2D eigenvalue weighted by atomic mass is 10.1. The average molecular weight is 347 g/mol. The van der Waals surface area contributed by atoms with Crippen molar-refractivity contribution in [3.63, 3.8) is 0 Å². The molecule has 0 aromatic heterocycles. The van der Waals surface area contributed by atoms with Gasteiger partial charge < -0.3 is 0 Å². The highest BCUT2D eigenvalue weighted by atomic mass is 79.9. The Balaban J connectivity index is 2.00. The van der Waals surface area contributed by atoms with Crippen LogP contribution in [0, 0.1) is 13.8 Å². The average Bonchev–Trinajstić information content (AvgIpc) is 2.44. The van der Waals surface area contributed by atoms with Gasteiger partial charge in [0, 0.05) is 15.6 Å². The lowest BCUT2D eigenvalue weighted by Gasteiger charge is -2.08. The van der Waals surface area contributed by atoms with Gasteiger partial charge >= 0.3 is 0 Å². The smallest absolute Gasteiger partial charge is 0.267 e. The third-order valence-corrected chi connectivity index (χ3v) is 3.41. The Morgan fingerprint density at radius 1 is 0.810 bits per heavy atom. The van der Waals surface area contributed by atoms with Crippen LogP contribution in [-0.4, -0.2) is 11.8 Å². The van der Waals surface area contributed by atoms with Crippen LogP contribution in [0.2, 0.25) is 0 Å². The first-order chi connectivity index (χ1) is 9.95. The fourth-order valence-electron chi connectivity index (χ4n) is 1.96. The Morgan fingerprint density at radius 3 is 1.81 bits per heavy atom. The molecule has 0 radical (unpaired) electrons. The van der Waals surface area contributed by atoms with E-state index in [0.717, 1.165) is 15.6 Å². The van der Waals surface area contributed by atoms with E-state index < -0.39 is 0 Å². The minimum Gasteiger partial charge on any atom is -0.267 e. The Kier molecular flexibility index (Phi) is 4.75. The van der Waals surface area contributed by atoms with E-state index in [2.05, 4.69) is 26.8 Å². The Hall–Kier alpha value is -2.14. The van der Waals surface area contributed by atoms with Crippen LogP contribution in [0.5, 0.6) is 0 Å². The number of hydrogen-bond acceptors (Lipinski definition) is 2. The molecule has 0 aliphatic heterocycles. The first-order valence-electron chi connectivity index (χ1n) is 6.40. The molecule has 5 heteroatoms. The van der Waals surface area contributed by atoms with Crippen LogP contribution in [0.1, 0.15) is 31.8 Å². The van der Waals surface area contributed by atoms with Gasteiger partial charge in [0.05, 0.1) is 0 Å². The SMILES string of the molecule is Cc1cc(C)cc(C(=O)NNC(=O)c2ccc(Br)cc2)c1. The zero-order valence-electron chi connectivity index (χ0n) is 11.7. The van der Waals surface area contributed by atoms with Gasteiger partial charge in [0.1, 0.15) is 0 Å². The highest BCUT2D eigenvalue weighted by Gasteiger charge is 2.09. The number of aryl methyl sites for hydroxylation is 2. The molecule has 0 fully saturated rings. The molecule has 108 valence electrons. The molecule has 0 saturated heterocycles. The molecule has 21 heavy (non-hydrogen) atoms. The lowest BCUT2D eigenvalue weighted by Crippen LogP contribution is -2.41. The number of nitrogens with one attached hydrogen (secondary N) is 2. The van der Waals surface area contributed by atoms with E-state index in [0.29, 0.717) is 11.1 Å². The fraction of sp³-hybridized carbons (Fsp3) is 0.125. The van der Waals surface area contributed by atoms with Gasteiger partial charge in [0.25, 0.3) is 11.8 Å². The van der Waals surface area contributed by atoms with Crippen molar-refractivity contribution >= 4 is 27.7 Å². The van der Waals surface area contributed by atoms with Crippen molar-refractivity contribution in [2.24, 2.45) is 0 Å². The molecule has 0 unspecified atom stereocenters. The molecule has 0 heterocycles. The molecule has 2 N–H and O–H groups in total. The van der Waals surface area contributed by atoms with Crippen molar-refractivity contribution in [3.05, 3.63) is 69.2 Å². The minimum absolute atomic E-state index is 0.340. The topological polar surface area (TPSA) is 58.2 Å². The summed E-state index contributed by atoms with van der Waals surface area (Å²) in [5, 5.41) is 0. The standard InChI is InChI=1S/C16H15BrN2O2/c1-10-7-11(2)9-13(8-10)16(21)19-18-15(20)12-3-5-14(17)6-4-12/h3-9H,1-2H3,(H,18,20)(H,19,21). The molecule has 0 aliphatic rings. The van der Waals surface area contributed by atoms with E-state index >= 15 is 0 Å². The van der Waals surface area contributed by atoms with Gasteiger partial charge in [-0.25, -0.2) is 0 Å². The normalized spacial score (nSPS) is 10.0. The van der Waals surface area contributed by atoms with Crippen LogP contribution in [-0.2, 0) is 0 Å². The van der Waals surface area contributed by atoms with E-state index in [1.165, 1.54) is 0 Å². The van der Waals surface area contributed by atoms with E-state index in [9.17, 15) is 9.59 Å². The summed E-state index contributed by atoms with van der Waals surface area (Å²) in [6.07, 6.45) is 0. The van der Waals surface area contributed by atoms with E-state index in [4.69, 9.17) is 0 Å². The van der Waals surface area contributed by atoms with Crippen LogP contribution >= 0.6 is 15.9 Å². The largest absolute Gasteiger partial charge is 0.269 e. The number of benzene rings is 2. The number of rotatable bonds is 2. The summed E-state index contributed by atoms with van der Waals surface area (Å²) in [5.74, 6) is -0.701. The molecule has 4 nitrogen and oxygen atoms in total. The maximum atomic E-state index is 12.0. The molecular weight excluding hydrogens is 332 g/mol. The van der Waals surface area contributed by atoms with E-state index in [-0.39, 0.29) is 11.8 Å². The van der Waals surface area contributed by atoms with E-state index in [1.54, 1.807) is 36.4 Å². The highest BCUT2D eigenvalue weighted by Crippen LogP contribution is 2.10. The van der Waals surface area contributed by atoms with Crippen LogP contribution in [0.4, 0.5) is 0 Å². The van der Waals surface area contributed by atoms with Crippen molar-refractivity contribution in [3.8, 4) is 0 Å². The summed E-state index contributed by atoms with van der Waals surface area (Å²) in [5.41, 5.74) is 7.81. The molecule has 0 aliphatic carbocycles. The van der Waals surface area contributed by atoms with Crippen molar-refractivity contribution in [1.82, 2.24) is 10.9 Å². The molecule has 0 atom stereocenters. The van der Waals surface area contributed by atoms with E-state index in [1.807, 2.05) is 19.9 Å². The third-order valence-electron chi connectivity index (χ3n) is 2.88. The van der Waals surface area contributed by atoms with Crippen molar-refractivity contribution < 1.29 is 9.59 Å². The summed E-state index contributed by atoms with van der Waals surface area (Å²) in [6.45, 7) is 3.84. The number of halogens is 1. The van der Waals surface area contributed by atoms with Crippen molar-refractivity contribution in [2.75, 3.05) is 0 Å². The maximum absolute atomic E-state index is 12.0. The number of hydrogen-bond donors (Lipinski definition) is 2. The molecule has 2 aromatic rings. The first kappa shape index (κ1) is 15.3. The predicted octanol–water partition coefficient (Wildman–Crippen LogP) is 3.14. The molecule has 2 aromatic carbocycles. The van der Waals surface area contributed by atoms with Crippen LogP contribution in [0.25, 0.3) is 0 Å². The van der Waals surface area contributed by atoms with Gasteiger partial charge in [-0.3, -0.25) is 20.4 Å². The van der Waals surface area contributed by atoms with Crippen LogP contribution in [0.3, 0.4) is 0 Å². The monoisotopic (exact) mass is 346 g/mol. The van der Waals surface area contributed by atoms with Gasteiger partial charge in [-0.05, 0) is 50.2 Å². The third kappa shape index (κ3) is 4.16. The first-order valence-corrected chi connectivity index (χ1v) is 7.19. The van der Waals surface area contributed by atoms with Crippen LogP contribution in [0.15, 0.2) is 46.9 Å². The van der Waals surface area contributed by atoms with Gasteiger partial charge in [0.15, 0.2) is 0 Å². The quantitative estimate of drug-likeness (QED) is 0.820. The van der Waals surface area contributed by atoms with Gasteiger partial charge in [-0.1, -0.05) is 33.1 Å². The molecule has 2 amide bonds. The molecular formula is C16H15BrN2O2. The van der Waals surface area contributed by atoms with Crippen molar-refractivity contribution in [2.45, 2.75) is 13.8 Å². The highest BCUT2D eigenvalue weighted by molar-refractivity contribution is 9.10. The van der Waals surface area contributed by atoms with Crippen molar-refractivity contribution in [1.29, 1.82) is 0 Å². The molecule has 0 bridgehead atoms. The molecule has 2 rings (SSSR count). The number of hydrazine groups is 1.